The van der Waals surface area contributed by atoms with Crippen molar-refractivity contribution in [1.82, 2.24) is 0 Å². The molecule has 0 bridgehead atoms. The molecule has 0 unspecified atom stereocenters. The number of benzene rings is 2. The second-order valence-corrected chi connectivity index (χ2v) is 18.5. The number of hydrogen-bond acceptors (Lipinski definition) is 6. The molecule has 0 radical (unpaired) electrons. The summed E-state index contributed by atoms with van der Waals surface area (Å²) in [7, 11) is 0. The van der Waals surface area contributed by atoms with Gasteiger partial charge in [0.05, 0.1) is 27.9 Å². The molecule has 2 aromatic carbocycles. The van der Waals surface area contributed by atoms with Crippen LogP contribution in [-0.4, -0.2) is 28.4 Å². The first-order valence-corrected chi connectivity index (χ1v) is 19.1. The largest absolute Gasteiger partial charge is 0.460 e. The third kappa shape index (κ3) is 5.30. The maximum Gasteiger partial charge on any atom is 0.313 e. The summed E-state index contributed by atoms with van der Waals surface area (Å²) >= 11 is 0. The molecule has 7 heteroatoms. The lowest BCUT2D eigenvalue weighted by molar-refractivity contribution is -0.385. The van der Waals surface area contributed by atoms with E-state index in [2.05, 4.69) is 40.7 Å². The molecule has 0 saturated heterocycles. The lowest BCUT2D eigenvalue weighted by atomic mass is 9.33. The average Bonchev–Trinajstić information content (AvgIpc) is 3.10. The van der Waals surface area contributed by atoms with Crippen LogP contribution in [0.15, 0.2) is 71.8 Å². The van der Waals surface area contributed by atoms with E-state index in [1.807, 2.05) is 37.3 Å². The molecule has 4 fully saturated rings. The monoisotopic (exact) mass is 693 g/mol. The number of Topliss-reactive ketones (excluding diaryl/α,β-unsaturated/α-hetero) is 1. The van der Waals surface area contributed by atoms with E-state index >= 15 is 0 Å². The Bertz CT molecular complexity index is 1810. The Hall–Kier alpha value is -3.58. The van der Waals surface area contributed by atoms with Crippen LogP contribution < -0.4 is 0 Å². The molecule has 4 saturated carbocycles. The van der Waals surface area contributed by atoms with Gasteiger partial charge in [-0.05, 0) is 127 Å². The van der Waals surface area contributed by atoms with Gasteiger partial charge in [0.2, 0.25) is 0 Å². The molecule has 0 aliphatic heterocycles. The van der Waals surface area contributed by atoms with Gasteiger partial charge in [-0.3, -0.25) is 19.7 Å². The molecule has 0 spiro atoms. The summed E-state index contributed by atoms with van der Waals surface area (Å²) < 4.78 is 6.19. The fraction of sp³-hybridized carbons (Fsp3) is 0.591. The van der Waals surface area contributed by atoms with Crippen LogP contribution in [0.4, 0.5) is 5.69 Å². The highest BCUT2D eigenvalue weighted by Gasteiger charge is 2.70. The molecule has 2 aromatic rings. The van der Waals surface area contributed by atoms with E-state index in [0.29, 0.717) is 17.6 Å². The highest BCUT2D eigenvalue weighted by atomic mass is 16.6. The van der Waals surface area contributed by atoms with Crippen molar-refractivity contribution in [2.24, 2.45) is 50.2 Å². The second kappa shape index (κ2) is 12.2. The van der Waals surface area contributed by atoms with Gasteiger partial charge in [-0.1, -0.05) is 88.7 Å². The number of nitrogens with zero attached hydrogens (tertiary/aromatic N) is 1. The molecule has 0 heterocycles. The van der Waals surface area contributed by atoms with Crippen LogP contribution >= 0.6 is 0 Å². The smallest absolute Gasteiger partial charge is 0.313 e. The third-order valence-electron chi connectivity index (χ3n) is 15.5. The number of fused-ring (bicyclic) bond motifs is 7. The lowest BCUT2D eigenvalue weighted by Crippen LogP contribution is -2.65. The quantitative estimate of drug-likeness (QED) is 0.106. The van der Waals surface area contributed by atoms with Crippen LogP contribution in [0.25, 0.3) is 6.08 Å². The minimum Gasteiger partial charge on any atom is -0.460 e. The molecule has 7 nitrogen and oxygen atoms in total. The lowest BCUT2D eigenvalue weighted by Gasteiger charge is -2.70. The van der Waals surface area contributed by atoms with Gasteiger partial charge in [0.1, 0.15) is 6.61 Å². The predicted octanol–water partition coefficient (Wildman–Crippen LogP) is 9.67. The third-order valence-corrected chi connectivity index (χ3v) is 15.5. The Labute approximate surface area is 303 Å². The number of ketones is 1. The summed E-state index contributed by atoms with van der Waals surface area (Å²) in [5.74, 6) is 0.169. The number of ether oxygens (including phenoxy) is 1. The molecule has 5 aliphatic rings. The van der Waals surface area contributed by atoms with E-state index in [9.17, 15) is 24.8 Å². The van der Waals surface area contributed by atoms with Crippen molar-refractivity contribution in [2.75, 3.05) is 6.61 Å². The minimum absolute atomic E-state index is 0.0220. The minimum atomic E-state index is -0.980. The van der Waals surface area contributed by atoms with Crippen molar-refractivity contribution >= 4 is 23.5 Å². The highest BCUT2D eigenvalue weighted by Crippen LogP contribution is 2.76. The molecule has 0 aromatic heterocycles. The molecule has 7 rings (SSSR count). The van der Waals surface area contributed by atoms with Crippen molar-refractivity contribution in [2.45, 2.75) is 106 Å². The van der Waals surface area contributed by atoms with Gasteiger partial charge >= 0.3 is 5.97 Å². The van der Waals surface area contributed by atoms with Crippen LogP contribution in [0.1, 0.15) is 110 Å². The Balaban J connectivity index is 1.28. The van der Waals surface area contributed by atoms with Gasteiger partial charge in [0, 0.05) is 6.07 Å². The van der Waals surface area contributed by atoms with Crippen LogP contribution in [0.5, 0.6) is 0 Å². The first-order chi connectivity index (χ1) is 24.0. The van der Waals surface area contributed by atoms with Crippen LogP contribution in [0.2, 0.25) is 0 Å². The van der Waals surface area contributed by atoms with Gasteiger partial charge < -0.3 is 9.84 Å². The number of nitro groups is 1. The number of allylic oxidation sites excluding steroid dienone is 3. The summed E-state index contributed by atoms with van der Waals surface area (Å²) in [6.45, 7) is 13.9. The van der Waals surface area contributed by atoms with Gasteiger partial charge in [-0.25, -0.2) is 0 Å². The fourth-order valence-corrected chi connectivity index (χ4v) is 12.4. The number of carbonyl (C=O) groups excluding carboxylic acids is 2. The van der Waals surface area contributed by atoms with Crippen molar-refractivity contribution in [3.63, 3.8) is 0 Å². The second-order valence-electron chi connectivity index (χ2n) is 18.5. The number of aliphatic hydroxyl groups is 1. The summed E-state index contributed by atoms with van der Waals surface area (Å²) in [6.07, 6.45) is 11.8. The number of para-hydroxylation sites is 1. The topological polar surface area (TPSA) is 107 Å². The molecular weight excluding hydrogens is 638 g/mol. The molecule has 272 valence electrons. The van der Waals surface area contributed by atoms with E-state index in [0.717, 1.165) is 56.9 Å². The summed E-state index contributed by atoms with van der Waals surface area (Å²) in [5.41, 5.74) is 1.43. The van der Waals surface area contributed by atoms with Crippen molar-refractivity contribution in [1.29, 1.82) is 0 Å². The van der Waals surface area contributed by atoms with E-state index in [1.54, 1.807) is 24.3 Å². The van der Waals surface area contributed by atoms with Crippen LogP contribution in [0.3, 0.4) is 0 Å². The Kier molecular flexibility index (Phi) is 8.60. The van der Waals surface area contributed by atoms with Crippen molar-refractivity contribution in [3.05, 3.63) is 93.1 Å². The normalized spacial score (nSPS) is 39.1. The molecule has 51 heavy (non-hydrogen) atoms. The number of hydrogen-bond donors (Lipinski definition) is 1. The number of aliphatic hydroxyl groups excluding tert-OH is 1. The maximum atomic E-state index is 14.4. The number of carbonyl (C=O) groups is 2. The number of nitro benzene ring substituents is 1. The van der Waals surface area contributed by atoms with Gasteiger partial charge in [0.15, 0.2) is 5.78 Å². The number of rotatable bonds is 6. The average molecular weight is 694 g/mol. The van der Waals surface area contributed by atoms with E-state index in [4.69, 9.17) is 4.74 Å². The predicted molar refractivity (Wildman–Crippen MR) is 198 cm³/mol. The SMILES string of the molecule is CC1(C)CC[C@]2(C(=O)OCc3ccccc3)CC[C@]3(C)C(=CC[C@@H]4[C@@]5(C)C/C(=C/c6ccccc6[N+](=O)[O-])C(=O)[C@@](C)(CO)[C@@H]5CC[C@]43C)[C@@H]2C1. The Morgan fingerprint density at radius 2 is 1.63 bits per heavy atom. The first-order valence-electron chi connectivity index (χ1n) is 19.1. The van der Waals surface area contributed by atoms with Crippen molar-refractivity contribution in [3.8, 4) is 0 Å². The van der Waals surface area contributed by atoms with Gasteiger partial charge in [0.25, 0.3) is 5.69 Å². The standard InChI is InChI=1S/C44H55NO6/c1-39(2)20-22-44(38(48)51-27-29-12-8-7-9-13-29)23-21-42(5)32(33(44)26-39)16-17-36-40(3)25-31(24-30-14-10-11-15-34(30)45(49)50)37(47)41(4,28-46)35(40)18-19-43(36,42)6/h7-16,24,33,35-36,46H,17-23,25-28H2,1-6H3/b31-24-/t33-,35+,36+,40-,41-,42+,43+,44-/m0/s1. The Morgan fingerprint density at radius 3 is 2.33 bits per heavy atom. The first kappa shape index (κ1) is 35.8. The molecule has 8 atom stereocenters. The molecule has 0 amide bonds. The zero-order valence-corrected chi connectivity index (χ0v) is 31.3. The van der Waals surface area contributed by atoms with E-state index < -0.39 is 15.8 Å². The molecule has 5 aliphatic carbocycles. The van der Waals surface area contributed by atoms with Crippen LogP contribution in [0, 0.1) is 60.4 Å². The van der Waals surface area contributed by atoms with Gasteiger partial charge in [-0.15, -0.1) is 0 Å². The molecule has 1 N–H and O–H groups in total. The summed E-state index contributed by atoms with van der Waals surface area (Å²) in [4.78, 5) is 40.2. The zero-order valence-electron chi connectivity index (χ0n) is 31.3. The van der Waals surface area contributed by atoms with E-state index in [-0.39, 0.29) is 70.1 Å². The Morgan fingerprint density at radius 1 is 0.941 bits per heavy atom. The summed E-state index contributed by atoms with van der Waals surface area (Å²) in [6, 6.07) is 16.5. The van der Waals surface area contributed by atoms with E-state index in [1.165, 1.54) is 11.6 Å². The highest BCUT2D eigenvalue weighted by molar-refractivity contribution is 6.05. The summed E-state index contributed by atoms with van der Waals surface area (Å²) in [5, 5.41) is 22.9. The van der Waals surface area contributed by atoms with Crippen molar-refractivity contribution < 1.29 is 24.4 Å². The fourth-order valence-electron chi connectivity index (χ4n) is 12.4. The zero-order chi connectivity index (χ0) is 36.6. The molecular formula is C44H55NO6. The van der Waals surface area contributed by atoms with Gasteiger partial charge in [-0.2, -0.15) is 0 Å². The maximum absolute atomic E-state index is 14.4. The number of esters is 1. The van der Waals surface area contributed by atoms with Crippen LogP contribution in [-0.2, 0) is 20.9 Å².